The van der Waals surface area contributed by atoms with Crippen molar-refractivity contribution in [3.63, 3.8) is 0 Å². The number of hydrogen-bond donors (Lipinski definition) is 1. The van der Waals surface area contributed by atoms with Crippen LogP contribution in [0.3, 0.4) is 0 Å². The predicted octanol–water partition coefficient (Wildman–Crippen LogP) is 1.95. The van der Waals surface area contributed by atoms with E-state index in [2.05, 4.69) is 23.3 Å². The van der Waals surface area contributed by atoms with E-state index in [-0.39, 0.29) is 0 Å². The van der Waals surface area contributed by atoms with Gasteiger partial charge in [0.2, 0.25) is 0 Å². The molecule has 0 spiro atoms. The van der Waals surface area contributed by atoms with Crippen molar-refractivity contribution in [2.24, 2.45) is 0 Å². The van der Waals surface area contributed by atoms with Crippen LogP contribution in [-0.2, 0) is 6.54 Å². The number of nitrogens with zero attached hydrogens (tertiary/aromatic N) is 3. The summed E-state index contributed by atoms with van der Waals surface area (Å²) < 4.78 is 7.46. The van der Waals surface area contributed by atoms with Crippen molar-refractivity contribution in [1.29, 1.82) is 0 Å². The third kappa shape index (κ3) is 3.00. The van der Waals surface area contributed by atoms with Crippen LogP contribution < -0.4 is 10.5 Å². The Labute approximate surface area is 107 Å². The molecule has 0 unspecified atom stereocenters. The lowest BCUT2D eigenvalue weighted by Crippen LogP contribution is -2.07. The zero-order valence-electron chi connectivity index (χ0n) is 10.8. The molecule has 0 atom stereocenters. The lowest BCUT2D eigenvalue weighted by Gasteiger charge is -2.07. The molecule has 0 amide bonds. The Morgan fingerprint density at radius 3 is 2.83 bits per heavy atom. The number of rotatable bonds is 5. The monoisotopic (exact) mass is 246 g/mol. The molecule has 0 bridgehead atoms. The van der Waals surface area contributed by atoms with Gasteiger partial charge in [-0.15, -0.1) is 5.10 Å². The molecule has 18 heavy (non-hydrogen) atoms. The molecular weight excluding hydrogens is 228 g/mol. The summed E-state index contributed by atoms with van der Waals surface area (Å²) in [6.07, 6.45) is 0.873. The lowest BCUT2D eigenvalue weighted by atomic mass is 10.2. The first-order chi connectivity index (χ1) is 8.66. The van der Waals surface area contributed by atoms with Crippen LogP contribution in [0.5, 0.6) is 5.75 Å². The molecule has 5 nitrogen and oxygen atoms in total. The highest BCUT2D eigenvalue weighted by molar-refractivity contribution is 5.31. The second-order valence-corrected chi connectivity index (χ2v) is 4.30. The maximum atomic E-state index is 5.66. The molecule has 0 aliphatic rings. The quantitative estimate of drug-likeness (QED) is 0.819. The lowest BCUT2D eigenvalue weighted by molar-refractivity contribution is 0.297. The highest BCUT2D eigenvalue weighted by atomic mass is 16.5. The number of hydrogen-bond acceptors (Lipinski definition) is 4. The summed E-state index contributed by atoms with van der Waals surface area (Å²) in [4.78, 5) is 0. The second kappa shape index (κ2) is 5.53. The van der Waals surface area contributed by atoms with Crippen LogP contribution in [0.2, 0.25) is 0 Å². The van der Waals surface area contributed by atoms with E-state index in [9.17, 15) is 0 Å². The molecule has 0 fully saturated rings. The molecule has 1 aromatic carbocycles. The third-order valence-corrected chi connectivity index (χ3v) is 2.79. The smallest absolute Gasteiger partial charge is 0.168 e. The SMILES string of the molecule is Cc1cccc(OCCCn2nnc(N)c2C)c1. The number of nitrogens with two attached hydrogens (primary N) is 1. The van der Waals surface area contributed by atoms with E-state index in [4.69, 9.17) is 10.5 Å². The van der Waals surface area contributed by atoms with Crippen molar-refractivity contribution >= 4 is 5.82 Å². The van der Waals surface area contributed by atoms with Crippen molar-refractivity contribution < 1.29 is 4.74 Å². The summed E-state index contributed by atoms with van der Waals surface area (Å²) in [5.41, 5.74) is 7.74. The van der Waals surface area contributed by atoms with Gasteiger partial charge < -0.3 is 10.5 Å². The molecule has 2 N–H and O–H groups in total. The zero-order valence-corrected chi connectivity index (χ0v) is 10.8. The molecule has 0 saturated heterocycles. The van der Waals surface area contributed by atoms with Crippen molar-refractivity contribution in [2.45, 2.75) is 26.8 Å². The molecule has 0 saturated carbocycles. The van der Waals surface area contributed by atoms with Crippen LogP contribution in [0.1, 0.15) is 17.7 Å². The Morgan fingerprint density at radius 2 is 2.17 bits per heavy atom. The van der Waals surface area contributed by atoms with Gasteiger partial charge in [-0.3, -0.25) is 0 Å². The van der Waals surface area contributed by atoms with E-state index in [1.807, 2.05) is 25.1 Å². The fraction of sp³-hybridized carbons (Fsp3) is 0.385. The minimum absolute atomic E-state index is 0.495. The van der Waals surface area contributed by atoms with Gasteiger partial charge in [0.15, 0.2) is 5.82 Å². The van der Waals surface area contributed by atoms with E-state index in [1.165, 1.54) is 5.56 Å². The Kier molecular flexibility index (Phi) is 3.82. The fourth-order valence-electron chi connectivity index (χ4n) is 1.70. The first-order valence-corrected chi connectivity index (χ1v) is 6.02. The molecular formula is C13H18N4O. The Bertz CT molecular complexity index is 521. The molecule has 1 aromatic heterocycles. The normalized spacial score (nSPS) is 10.6. The molecule has 0 aliphatic carbocycles. The Balaban J connectivity index is 1.78. The van der Waals surface area contributed by atoms with Gasteiger partial charge in [-0.2, -0.15) is 0 Å². The first-order valence-electron chi connectivity index (χ1n) is 6.02. The molecule has 0 aliphatic heterocycles. The number of anilines is 1. The fourth-order valence-corrected chi connectivity index (χ4v) is 1.70. The maximum Gasteiger partial charge on any atom is 0.168 e. The highest BCUT2D eigenvalue weighted by Crippen LogP contribution is 2.12. The standard InChI is InChI=1S/C13H18N4O/c1-10-5-3-6-12(9-10)18-8-4-7-17-11(2)13(14)15-16-17/h3,5-6,9H,4,7-8,14H2,1-2H3. The van der Waals surface area contributed by atoms with E-state index < -0.39 is 0 Å². The van der Waals surface area contributed by atoms with Crippen LogP contribution in [0.4, 0.5) is 5.82 Å². The topological polar surface area (TPSA) is 66.0 Å². The minimum Gasteiger partial charge on any atom is -0.494 e. The van der Waals surface area contributed by atoms with Gasteiger partial charge in [0, 0.05) is 13.0 Å². The molecule has 5 heteroatoms. The molecule has 0 radical (unpaired) electrons. The average molecular weight is 246 g/mol. The summed E-state index contributed by atoms with van der Waals surface area (Å²) in [7, 11) is 0. The van der Waals surface area contributed by atoms with E-state index in [0.29, 0.717) is 12.4 Å². The van der Waals surface area contributed by atoms with E-state index in [1.54, 1.807) is 4.68 Å². The van der Waals surface area contributed by atoms with Gasteiger partial charge >= 0.3 is 0 Å². The van der Waals surface area contributed by atoms with Gasteiger partial charge in [-0.05, 0) is 31.5 Å². The molecule has 1 heterocycles. The van der Waals surface area contributed by atoms with Crippen LogP contribution in [0.15, 0.2) is 24.3 Å². The number of benzene rings is 1. The first kappa shape index (κ1) is 12.4. The van der Waals surface area contributed by atoms with Gasteiger partial charge in [0.25, 0.3) is 0 Å². The summed E-state index contributed by atoms with van der Waals surface area (Å²) >= 11 is 0. The molecule has 2 rings (SSSR count). The third-order valence-electron chi connectivity index (χ3n) is 2.79. The van der Waals surface area contributed by atoms with E-state index in [0.717, 1.165) is 24.4 Å². The van der Waals surface area contributed by atoms with Crippen LogP contribution in [-0.4, -0.2) is 21.6 Å². The van der Waals surface area contributed by atoms with Crippen LogP contribution >= 0.6 is 0 Å². The minimum atomic E-state index is 0.495. The van der Waals surface area contributed by atoms with E-state index >= 15 is 0 Å². The van der Waals surface area contributed by atoms with Crippen LogP contribution in [0.25, 0.3) is 0 Å². The highest BCUT2D eigenvalue weighted by Gasteiger charge is 2.03. The summed E-state index contributed by atoms with van der Waals surface area (Å²) in [5.74, 6) is 1.40. The predicted molar refractivity (Wildman–Crippen MR) is 70.5 cm³/mol. The number of ether oxygens (including phenoxy) is 1. The summed E-state index contributed by atoms with van der Waals surface area (Å²) in [6, 6.07) is 8.03. The Hall–Kier alpha value is -2.04. The van der Waals surface area contributed by atoms with Gasteiger partial charge in [-0.25, -0.2) is 4.68 Å². The van der Waals surface area contributed by atoms with Gasteiger partial charge in [-0.1, -0.05) is 17.3 Å². The van der Waals surface area contributed by atoms with Crippen LogP contribution in [0, 0.1) is 13.8 Å². The Morgan fingerprint density at radius 1 is 1.33 bits per heavy atom. The van der Waals surface area contributed by atoms with Gasteiger partial charge in [0.1, 0.15) is 5.75 Å². The molecule has 96 valence electrons. The number of aryl methyl sites for hydroxylation is 2. The second-order valence-electron chi connectivity index (χ2n) is 4.30. The van der Waals surface area contributed by atoms with Crippen molar-refractivity contribution in [1.82, 2.24) is 15.0 Å². The maximum absolute atomic E-state index is 5.66. The van der Waals surface area contributed by atoms with Gasteiger partial charge in [0.05, 0.1) is 12.3 Å². The van der Waals surface area contributed by atoms with Crippen molar-refractivity contribution in [3.05, 3.63) is 35.5 Å². The largest absolute Gasteiger partial charge is 0.494 e. The molecule has 2 aromatic rings. The summed E-state index contributed by atoms with van der Waals surface area (Å²) in [5, 5.41) is 7.77. The van der Waals surface area contributed by atoms with Crippen molar-refractivity contribution in [2.75, 3.05) is 12.3 Å². The zero-order chi connectivity index (χ0) is 13.0. The summed E-state index contributed by atoms with van der Waals surface area (Å²) in [6.45, 7) is 5.38. The number of nitrogen functional groups attached to an aromatic ring is 1. The van der Waals surface area contributed by atoms with Crippen molar-refractivity contribution in [3.8, 4) is 5.75 Å². The average Bonchev–Trinajstić information content (AvgIpc) is 2.66. The number of aromatic nitrogens is 3.